The van der Waals surface area contributed by atoms with Gasteiger partial charge in [0.25, 0.3) is 0 Å². The topological polar surface area (TPSA) is 20.3 Å². The minimum absolute atomic E-state index is 0.764. The highest BCUT2D eigenvalue weighted by Gasteiger charge is 1.75. The normalized spacial score (nSPS) is 8.29. The predicted molar refractivity (Wildman–Crippen MR) is 28.6 cm³/mol. The summed E-state index contributed by atoms with van der Waals surface area (Å²) >= 11 is 0. The maximum absolute atomic E-state index is 9.77. The smallest absolute Gasteiger partial charge is 0.0150 e. The average Bonchev–Trinajstić information content (AvgIpc) is 1.72. The van der Waals surface area contributed by atoms with E-state index in [0.717, 1.165) is 13.1 Å². The highest BCUT2D eigenvalue weighted by Crippen LogP contribution is 1.75. The summed E-state index contributed by atoms with van der Waals surface area (Å²) in [7, 11) is 0. The van der Waals surface area contributed by atoms with Gasteiger partial charge in [-0.2, -0.15) is 6.41 Å². The van der Waals surface area contributed by atoms with E-state index in [0.29, 0.717) is 0 Å². The third-order valence-corrected chi connectivity index (χ3v) is 0.893. The van der Waals surface area contributed by atoms with Crippen molar-refractivity contribution in [3.05, 3.63) is 0 Å². The second-order valence-electron chi connectivity index (χ2n) is 1.26. The number of rotatable bonds is 3. The minimum atomic E-state index is 0.764. The van der Waals surface area contributed by atoms with Crippen molar-refractivity contribution in [2.24, 2.45) is 0 Å². The Morgan fingerprint density at radius 3 is 1.86 bits per heavy atom. The largest absolute Gasteiger partial charge is 0.520 e. The van der Waals surface area contributed by atoms with E-state index in [2.05, 4.69) is 0 Å². The summed E-state index contributed by atoms with van der Waals surface area (Å²) in [5.41, 5.74) is 0. The Bertz CT molecular complexity index is 50.0. The molecule has 0 aromatic carbocycles. The molecule has 0 saturated carbocycles. The number of hydrogen-bond donors (Lipinski definition) is 0. The van der Waals surface area contributed by atoms with Gasteiger partial charge in [-0.25, -0.2) is 0 Å². The van der Waals surface area contributed by atoms with Crippen molar-refractivity contribution in [1.29, 1.82) is 0 Å². The van der Waals surface area contributed by atoms with Crippen LogP contribution in [-0.4, -0.2) is 24.4 Å². The molecular formula is C5H10NO-. The van der Waals surface area contributed by atoms with E-state index in [1.165, 1.54) is 0 Å². The first kappa shape index (κ1) is 6.47. The second-order valence-corrected chi connectivity index (χ2v) is 1.26. The van der Waals surface area contributed by atoms with E-state index in [1.54, 1.807) is 11.3 Å². The number of nitrogens with zero attached hydrogens (tertiary/aromatic N) is 1. The monoisotopic (exact) mass is 100 g/mol. The lowest BCUT2D eigenvalue weighted by atomic mass is 10.6. The third kappa shape index (κ3) is 2.20. The highest BCUT2D eigenvalue weighted by atomic mass is 16.1. The summed E-state index contributed by atoms with van der Waals surface area (Å²) in [5, 5.41) is 0. The number of carbonyl (C=O) groups excluding carboxylic acids is 1. The molecular weight excluding hydrogens is 90.1 g/mol. The van der Waals surface area contributed by atoms with Crippen LogP contribution in [0.3, 0.4) is 0 Å². The Kier molecular flexibility index (Phi) is 3.38. The van der Waals surface area contributed by atoms with Crippen LogP contribution < -0.4 is 0 Å². The quantitative estimate of drug-likeness (QED) is 0.371. The summed E-state index contributed by atoms with van der Waals surface area (Å²) in [6.07, 6.45) is 1.78. The summed E-state index contributed by atoms with van der Waals surface area (Å²) in [5.74, 6) is 0. The van der Waals surface area contributed by atoms with Gasteiger partial charge in [-0.1, -0.05) is 13.8 Å². The van der Waals surface area contributed by atoms with Crippen LogP contribution in [0.1, 0.15) is 13.8 Å². The lowest BCUT2D eigenvalue weighted by Crippen LogP contribution is -2.19. The van der Waals surface area contributed by atoms with Crippen LogP contribution in [0.15, 0.2) is 0 Å². The summed E-state index contributed by atoms with van der Waals surface area (Å²) in [6.45, 7) is 5.38. The van der Waals surface area contributed by atoms with Crippen LogP contribution in [0.25, 0.3) is 0 Å². The van der Waals surface area contributed by atoms with E-state index < -0.39 is 0 Å². The molecule has 0 aromatic rings. The summed E-state index contributed by atoms with van der Waals surface area (Å²) in [4.78, 5) is 11.3. The standard InChI is InChI=1S/C5H10NO/c1-3-6(4-2)5-7/h3-4H2,1-2H3/q-1. The maximum atomic E-state index is 9.77. The van der Waals surface area contributed by atoms with Crippen molar-refractivity contribution < 1.29 is 4.79 Å². The van der Waals surface area contributed by atoms with Crippen LogP contribution in [0.4, 0.5) is 0 Å². The van der Waals surface area contributed by atoms with Gasteiger partial charge in [0.05, 0.1) is 0 Å². The van der Waals surface area contributed by atoms with Gasteiger partial charge in [-0.15, -0.1) is 0 Å². The molecule has 0 rings (SSSR count). The van der Waals surface area contributed by atoms with Crippen molar-refractivity contribution in [2.45, 2.75) is 13.8 Å². The molecule has 0 fully saturated rings. The minimum Gasteiger partial charge on any atom is -0.520 e. The molecule has 0 bridgehead atoms. The van der Waals surface area contributed by atoms with Crippen LogP contribution >= 0.6 is 0 Å². The molecule has 1 amide bonds. The highest BCUT2D eigenvalue weighted by molar-refractivity contribution is 5.47. The molecule has 0 atom stereocenters. The molecule has 2 nitrogen and oxygen atoms in total. The van der Waals surface area contributed by atoms with E-state index in [4.69, 9.17) is 0 Å². The fourth-order valence-corrected chi connectivity index (χ4v) is 0.353. The lowest BCUT2D eigenvalue weighted by Gasteiger charge is -2.22. The first-order valence-electron chi connectivity index (χ1n) is 2.47. The molecule has 0 spiro atoms. The average molecular weight is 100 g/mol. The van der Waals surface area contributed by atoms with E-state index >= 15 is 0 Å². The van der Waals surface area contributed by atoms with E-state index in [-0.39, 0.29) is 0 Å². The van der Waals surface area contributed by atoms with Crippen molar-refractivity contribution in [1.82, 2.24) is 4.90 Å². The molecule has 0 heterocycles. The molecule has 0 N–H and O–H groups in total. The first-order valence-corrected chi connectivity index (χ1v) is 2.47. The van der Waals surface area contributed by atoms with Gasteiger partial charge < -0.3 is 9.69 Å². The zero-order valence-electron chi connectivity index (χ0n) is 4.77. The fraction of sp³-hybridized carbons (Fsp3) is 0.800. The Hall–Kier alpha value is -0.530. The first-order chi connectivity index (χ1) is 3.35. The molecule has 42 valence electrons. The molecule has 0 aromatic heterocycles. The molecule has 0 saturated heterocycles. The fourth-order valence-electron chi connectivity index (χ4n) is 0.353. The second kappa shape index (κ2) is 3.65. The molecule has 0 radical (unpaired) electrons. The van der Waals surface area contributed by atoms with Crippen molar-refractivity contribution >= 4 is 6.41 Å². The predicted octanol–water partition coefficient (Wildman–Crippen LogP) is 0.395. The lowest BCUT2D eigenvalue weighted by molar-refractivity contribution is 0.410. The van der Waals surface area contributed by atoms with Gasteiger partial charge in [0.15, 0.2) is 0 Å². The van der Waals surface area contributed by atoms with Gasteiger partial charge in [0, 0.05) is 0 Å². The summed E-state index contributed by atoms with van der Waals surface area (Å²) in [6, 6.07) is 0. The Morgan fingerprint density at radius 2 is 1.86 bits per heavy atom. The van der Waals surface area contributed by atoms with Gasteiger partial charge in [0.1, 0.15) is 0 Å². The zero-order valence-corrected chi connectivity index (χ0v) is 4.77. The van der Waals surface area contributed by atoms with Gasteiger partial charge in [-0.3, -0.25) is 0 Å². The molecule has 0 unspecified atom stereocenters. The molecule has 7 heavy (non-hydrogen) atoms. The van der Waals surface area contributed by atoms with Gasteiger partial charge in [-0.05, 0) is 13.1 Å². The van der Waals surface area contributed by atoms with Crippen LogP contribution in [0.2, 0.25) is 0 Å². The molecule has 2 heteroatoms. The summed E-state index contributed by atoms with van der Waals surface area (Å²) < 4.78 is 0. The molecule has 0 aliphatic heterocycles. The van der Waals surface area contributed by atoms with Crippen LogP contribution in [0.5, 0.6) is 0 Å². The molecule has 0 aliphatic carbocycles. The van der Waals surface area contributed by atoms with Gasteiger partial charge in [0.2, 0.25) is 0 Å². The number of amides is 1. The van der Waals surface area contributed by atoms with E-state index in [1.807, 2.05) is 13.8 Å². The maximum Gasteiger partial charge on any atom is -0.0150 e. The van der Waals surface area contributed by atoms with Crippen molar-refractivity contribution in [2.75, 3.05) is 13.1 Å². The zero-order chi connectivity index (χ0) is 5.70. The van der Waals surface area contributed by atoms with Crippen LogP contribution in [-0.2, 0) is 4.79 Å². The number of hydrogen-bond acceptors (Lipinski definition) is 1. The Morgan fingerprint density at radius 1 is 1.43 bits per heavy atom. The van der Waals surface area contributed by atoms with Crippen molar-refractivity contribution in [3.8, 4) is 0 Å². The third-order valence-electron chi connectivity index (χ3n) is 0.893. The van der Waals surface area contributed by atoms with Crippen molar-refractivity contribution in [3.63, 3.8) is 0 Å². The van der Waals surface area contributed by atoms with Crippen LogP contribution in [0, 0.1) is 0 Å². The Balaban J connectivity index is 3.16. The molecule has 0 aliphatic rings. The Labute approximate surface area is 44.1 Å². The van der Waals surface area contributed by atoms with Gasteiger partial charge >= 0.3 is 0 Å². The van der Waals surface area contributed by atoms with E-state index in [9.17, 15) is 4.79 Å². The SMILES string of the molecule is CCN([C-]=O)CC.